The van der Waals surface area contributed by atoms with Gasteiger partial charge in [0.1, 0.15) is 37.6 Å². The van der Waals surface area contributed by atoms with Crippen LogP contribution in [0.3, 0.4) is 0 Å². The SMILES string of the molecule is CC(=O)O[C@@H]1[C@H](O[C@@H]2O[C@H](COC(=O)c3ccccc3)[C@H](OC(=O)c3ccccc3)[C@H](OC(=O)c3ccccc3)[C@H]2OC(=O)c2ccccc2)[C@@H](OC(C)=O)[C@@H](OC(=N)C(Cl)(Cl)Cl)O[C@@H]1CO[C@@H]1O[C@@H](COC(=O)c2ccccc2)[C@H](OC(=O)c2ccccc2)[C@H]1OC(=O)c1ccccc1. The maximum absolute atomic E-state index is 14.7. The number of hydrogen-bond donors (Lipinski definition) is 1. The highest BCUT2D eigenvalue weighted by atomic mass is 35.6. The third kappa shape index (κ3) is 19.0. The molecule has 0 saturated carbocycles. The molecule has 3 saturated heterocycles. The first-order chi connectivity index (χ1) is 48.2. The molecule has 7 aromatic carbocycles. The lowest BCUT2D eigenvalue weighted by Gasteiger charge is -2.49. The summed E-state index contributed by atoms with van der Waals surface area (Å²) >= 11 is 18.6. The summed E-state index contributed by atoms with van der Waals surface area (Å²) in [6.45, 7) is -0.552. The molecule has 28 heteroatoms. The van der Waals surface area contributed by atoms with E-state index in [0.29, 0.717) is 0 Å². The minimum atomic E-state index is -2.69. The fraction of sp³-hybridized carbons (Fsp3) is 0.278. The zero-order chi connectivity index (χ0) is 70.9. The maximum Gasteiger partial charge on any atom is 0.338 e. The van der Waals surface area contributed by atoms with Gasteiger partial charge in [-0.1, -0.05) is 162 Å². The first-order valence-corrected chi connectivity index (χ1v) is 32.0. The van der Waals surface area contributed by atoms with Crippen LogP contribution in [0.5, 0.6) is 0 Å². The summed E-state index contributed by atoms with van der Waals surface area (Å²) in [7, 11) is 0. The van der Waals surface area contributed by atoms with Crippen LogP contribution in [-0.2, 0) is 80.6 Å². The van der Waals surface area contributed by atoms with Crippen LogP contribution in [0.25, 0.3) is 0 Å². The lowest BCUT2D eigenvalue weighted by molar-refractivity contribution is -0.355. The van der Waals surface area contributed by atoms with Crippen LogP contribution >= 0.6 is 34.8 Å². The van der Waals surface area contributed by atoms with Gasteiger partial charge < -0.3 is 71.1 Å². The van der Waals surface area contributed by atoms with E-state index >= 15 is 0 Å². The third-order valence-corrected chi connectivity index (χ3v) is 15.8. The Morgan fingerprint density at radius 1 is 0.320 bits per heavy atom. The van der Waals surface area contributed by atoms with Crippen molar-refractivity contribution in [3.05, 3.63) is 251 Å². The Balaban J connectivity index is 1.09. The van der Waals surface area contributed by atoms with Crippen molar-refractivity contribution in [3.8, 4) is 0 Å². The van der Waals surface area contributed by atoms with Crippen LogP contribution < -0.4 is 0 Å². The maximum atomic E-state index is 14.7. The number of hydrogen-bond acceptors (Lipinski definition) is 25. The Morgan fingerprint density at radius 3 is 0.930 bits per heavy atom. The van der Waals surface area contributed by atoms with E-state index < -0.39 is 169 Å². The second kappa shape index (κ2) is 34.1. The summed E-state index contributed by atoms with van der Waals surface area (Å²) in [5.41, 5.74) is 0.0356. The van der Waals surface area contributed by atoms with Crippen molar-refractivity contribution >= 4 is 94.4 Å². The molecule has 3 aliphatic rings. The molecule has 3 aliphatic heterocycles. The molecule has 3 heterocycles. The van der Waals surface area contributed by atoms with Gasteiger partial charge >= 0.3 is 53.7 Å². The van der Waals surface area contributed by atoms with E-state index in [1.165, 1.54) is 121 Å². The molecule has 7 aromatic rings. The highest BCUT2D eigenvalue weighted by molar-refractivity contribution is 6.76. The summed E-state index contributed by atoms with van der Waals surface area (Å²) < 4.78 is 90.5. The molecule has 1 N–H and O–H groups in total. The van der Waals surface area contributed by atoms with E-state index in [9.17, 15) is 43.2 Å². The van der Waals surface area contributed by atoms with E-state index in [1.807, 2.05) is 0 Å². The van der Waals surface area contributed by atoms with Crippen molar-refractivity contribution in [1.82, 2.24) is 0 Å². The molecule has 0 spiro atoms. The van der Waals surface area contributed by atoms with Crippen molar-refractivity contribution in [3.63, 3.8) is 0 Å². The Kier molecular flexibility index (Phi) is 24.8. The van der Waals surface area contributed by atoms with Crippen LogP contribution in [0.4, 0.5) is 0 Å². The minimum absolute atomic E-state index is 0.0128. The number of carbonyl (C=O) groups is 9. The Labute approximate surface area is 585 Å². The molecular formula is C72H62Cl3NO24. The number of carbonyl (C=O) groups excluding carboxylic acids is 9. The van der Waals surface area contributed by atoms with E-state index in [0.717, 1.165) is 13.8 Å². The summed E-state index contributed by atoms with van der Waals surface area (Å²) in [5.74, 6) is -10.3. The normalized spacial score (nSPS) is 23.9. The number of nitrogens with one attached hydrogen (secondary N) is 1. The smallest absolute Gasteiger partial charge is 0.338 e. The van der Waals surface area contributed by atoms with Gasteiger partial charge in [-0.05, 0) is 84.9 Å². The summed E-state index contributed by atoms with van der Waals surface area (Å²) in [6, 6.07) is 53.1. The van der Waals surface area contributed by atoms with Gasteiger partial charge in [0.2, 0.25) is 12.2 Å². The molecule has 0 aliphatic carbocycles. The van der Waals surface area contributed by atoms with Crippen LogP contribution in [0.2, 0.25) is 0 Å². The van der Waals surface area contributed by atoms with Gasteiger partial charge in [0.25, 0.3) is 3.79 Å². The number of alkyl halides is 3. The van der Waals surface area contributed by atoms with Crippen molar-refractivity contribution in [2.45, 2.75) is 104 Å². The van der Waals surface area contributed by atoms with Crippen molar-refractivity contribution in [2.24, 2.45) is 0 Å². The van der Waals surface area contributed by atoms with Gasteiger partial charge in [0.15, 0.2) is 55.3 Å². The molecule has 14 atom stereocenters. The second-order valence-electron chi connectivity index (χ2n) is 22.3. The minimum Gasteiger partial charge on any atom is -0.459 e. The monoisotopic (exact) mass is 1430 g/mol. The van der Waals surface area contributed by atoms with Gasteiger partial charge in [0, 0.05) is 13.8 Å². The fourth-order valence-corrected chi connectivity index (χ4v) is 10.8. The summed E-state index contributed by atoms with van der Waals surface area (Å²) in [6.07, 6.45) is -27.4. The summed E-state index contributed by atoms with van der Waals surface area (Å²) in [5, 5.41) is 8.79. The molecule has 0 aromatic heterocycles. The molecule has 0 bridgehead atoms. The Bertz CT molecular complexity index is 3980. The molecule has 0 amide bonds. The van der Waals surface area contributed by atoms with Crippen LogP contribution in [0.15, 0.2) is 212 Å². The Morgan fingerprint density at radius 2 is 0.580 bits per heavy atom. The fourth-order valence-electron chi connectivity index (χ4n) is 10.7. The zero-order valence-corrected chi connectivity index (χ0v) is 55.1. The van der Waals surface area contributed by atoms with Gasteiger partial charge in [0.05, 0.1) is 45.6 Å². The highest BCUT2D eigenvalue weighted by Crippen LogP contribution is 2.39. The van der Waals surface area contributed by atoms with E-state index in [1.54, 1.807) is 91.0 Å². The van der Waals surface area contributed by atoms with Crippen LogP contribution in [-0.4, -0.2) is 169 Å². The van der Waals surface area contributed by atoms with Crippen molar-refractivity contribution < 1.29 is 114 Å². The second-order valence-corrected chi connectivity index (χ2v) is 24.5. The van der Waals surface area contributed by atoms with Gasteiger partial charge in [-0.25, -0.2) is 33.6 Å². The van der Waals surface area contributed by atoms with E-state index in [4.69, 9.17) is 111 Å². The standard InChI is InChI=1S/C72H62Cl3NO24/c1-41(77)89-53-52(40-88-68-58(97-66(84)48-34-20-8-21-35-48)55(95-64(82)46-30-16-6-17-31-46)51(91-68)39-87-62(80)44-26-12-4-13-27-44)93-70(100-71(76)72(73,74)75)59(90-42(2)78)57(53)99-69-60(98-67(85)49-36-22-9-23-37-49)56(96-65(83)47-32-18-7-19-33-47)54(94-63(81)45-28-14-5-15-29-45)50(92-69)38-86-61(79)43-24-10-3-11-25-43/h3-37,50-60,68-70,76H,38-40H2,1-2H3/t50-,51+,52-,53+,54+,55+,56+,57+,58-,59-,60-,68-,69+,70-/m1/s1. The quantitative estimate of drug-likeness (QED) is 0.0193. The summed E-state index contributed by atoms with van der Waals surface area (Å²) in [4.78, 5) is 127. The predicted molar refractivity (Wildman–Crippen MR) is 349 cm³/mol. The largest absolute Gasteiger partial charge is 0.459 e. The van der Waals surface area contributed by atoms with Crippen molar-refractivity contribution in [2.75, 3.05) is 19.8 Å². The molecule has 25 nitrogen and oxygen atoms in total. The van der Waals surface area contributed by atoms with Crippen LogP contribution in [0.1, 0.15) is 86.4 Å². The lowest BCUT2D eigenvalue weighted by Crippen LogP contribution is -2.67. The molecule has 100 heavy (non-hydrogen) atoms. The van der Waals surface area contributed by atoms with E-state index in [-0.39, 0.29) is 38.9 Å². The average Bonchev–Trinajstić information content (AvgIpc) is 0.799. The number of ether oxygens (including phenoxy) is 15. The predicted octanol–water partition coefficient (Wildman–Crippen LogP) is 9.63. The molecule has 0 radical (unpaired) electrons. The van der Waals surface area contributed by atoms with Crippen LogP contribution in [0, 0.1) is 5.41 Å². The number of esters is 9. The molecule has 10 rings (SSSR count). The average molecular weight is 1430 g/mol. The number of benzene rings is 7. The number of rotatable bonds is 24. The Hall–Kier alpha value is -10.1. The third-order valence-electron chi connectivity index (χ3n) is 15.3. The lowest BCUT2D eigenvalue weighted by atomic mass is 9.95. The molecule has 3 fully saturated rings. The van der Waals surface area contributed by atoms with Crippen molar-refractivity contribution in [1.29, 1.82) is 5.41 Å². The first-order valence-electron chi connectivity index (χ1n) is 30.8. The molecular weight excluding hydrogens is 1370 g/mol. The van der Waals surface area contributed by atoms with Gasteiger partial charge in [-0.15, -0.1) is 0 Å². The number of halogens is 3. The first kappa shape index (κ1) is 72.6. The van der Waals surface area contributed by atoms with E-state index in [2.05, 4.69) is 0 Å². The van der Waals surface area contributed by atoms with Gasteiger partial charge in [-0.3, -0.25) is 15.0 Å². The molecule has 520 valence electrons. The topological polar surface area (TPSA) is 316 Å². The highest BCUT2D eigenvalue weighted by Gasteiger charge is 2.60. The zero-order valence-electron chi connectivity index (χ0n) is 52.8. The molecule has 0 unspecified atom stereocenters. The van der Waals surface area contributed by atoms with Gasteiger partial charge in [-0.2, -0.15) is 0 Å².